The average molecular weight is 1130 g/mol. The predicted molar refractivity (Wildman–Crippen MR) is 353 cm³/mol. The van der Waals surface area contributed by atoms with Crippen molar-refractivity contribution in [2.45, 2.75) is 374 Å². The van der Waals surface area contributed by atoms with Gasteiger partial charge in [-0.3, -0.25) is 14.4 Å². The number of hydrogen-bond acceptors (Lipinski definition) is 6. The molecule has 0 radical (unpaired) electrons. The number of carbonyl (C=O) groups excluding carboxylic acids is 3. The van der Waals surface area contributed by atoms with E-state index in [1.165, 1.54) is 231 Å². The molecule has 0 bridgehead atoms. The summed E-state index contributed by atoms with van der Waals surface area (Å²) in [6.45, 7) is 6.58. The summed E-state index contributed by atoms with van der Waals surface area (Å²) in [7, 11) is 0. The molecule has 81 heavy (non-hydrogen) atoms. The second-order valence-corrected chi connectivity index (χ2v) is 23.8. The lowest BCUT2D eigenvalue weighted by molar-refractivity contribution is -0.167. The highest BCUT2D eigenvalue weighted by Crippen LogP contribution is 2.18. The van der Waals surface area contributed by atoms with Crippen LogP contribution in [0.2, 0.25) is 0 Å². The van der Waals surface area contributed by atoms with Gasteiger partial charge in [0, 0.05) is 19.3 Å². The molecule has 0 N–H and O–H groups in total. The minimum atomic E-state index is -0.779. The summed E-state index contributed by atoms with van der Waals surface area (Å²) in [5, 5.41) is 0. The third-order valence-corrected chi connectivity index (χ3v) is 15.7. The van der Waals surface area contributed by atoms with Crippen LogP contribution in [0.3, 0.4) is 0 Å². The molecule has 0 saturated heterocycles. The SMILES string of the molecule is CC/C=C\C/C=C\C/C=C\C/C=C\C/C=C\CCCCCCCCCCCC(=O)OCC(COC(=O)CCCCCCCCCCCCCCCCCCCCC)OC(=O)CCCCCCCCCCC/C=C\CCCCCCCC. The summed E-state index contributed by atoms with van der Waals surface area (Å²) >= 11 is 0. The molecule has 0 aliphatic carbocycles. The first-order valence-electron chi connectivity index (χ1n) is 35.4. The van der Waals surface area contributed by atoms with Crippen molar-refractivity contribution in [3.8, 4) is 0 Å². The van der Waals surface area contributed by atoms with Gasteiger partial charge in [0.1, 0.15) is 13.2 Å². The van der Waals surface area contributed by atoms with Crippen molar-refractivity contribution < 1.29 is 28.6 Å². The zero-order chi connectivity index (χ0) is 58.5. The Hall–Kier alpha value is -3.15. The Bertz CT molecular complexity index is 1490. The molecule has 1 atom stereocenters. The molecule has 0 aliphatic heterocycles. The third-order valence-electron chi connectivity index (χ3n) is 15.7. The van der Waals surface area contributed by atoms with E-state index in [4.69, 9.17) is 14.2 Å². The second-order valence-electron chi connectivity index (χ2n) is 23.8. The van der Waals surface area contributed by atoms with Crippen molar-refractivity contribution in [3.63, 3.8) is 0 Å². The van der Waals surface area contributed by atoms with Gasteiger partial charge >= 0.3 is 17.9 Å². The number of esters is 3. The van der Waals surface area contributed by atoms with E-state index in [1.54, 1.807) is 0 Å². The van der Waals surface area contributed by atoms with Crippen LogP contribution in [0.1, 0.15) is 367 Å². The van der Waals surface area contributed by atoms with E-state index < -0.39 is 6.10 Å². The molecule has 0 spiro atoms. The van der Waals surface area contributed by atoms with Crippen LogP contribution in [-0.4, -0.2) is 37.2 Å². The van der Waals surface area contributed by atoms with E-state index in [-0.39, 0.29) is 31.1 Å². The molecule has 0 aromatic carbocycles. The Labute approximate surface area is 503 Å². The maximum absolute atomic E-state index is 13.0. The van der Waals surface area contributed by atoms with Gasteiger partial charge in [-0.05, 0) is 89.9 Å². The van der Waals surface area contributed by atoms with Crippen molar-refractivity contribution in [1.82, 2.24) is 0 Å². The summed E-state index contributed by atoms with van der Waals surface area (Å²) < 4.78 is 17.0. The molecule has 0 aliphatic rings. The number of allylic oxidation sites excluding steroid dienone is 12. The molecule has 0 rings (SSSR count). The van der Waals surface area contributed by atoms with E-state index in [0.717, 1.165) is 96.3 Å². The predicted octanol–water partition coefficient (Wildman–Crippen LogP) is 24.4. The minimum absolute atomic E-state index is 0.0736. The van der Waals surface area contributed by atoms with Crippen molar-refractivity contribution in [3.05, 3.63) is 72.9 Å². The molecule has 0 amide bonds. The molecule has 0 aromatic rings. The highest BCUT2D eigenvalue weighted by Gasteiger charge is 2.19. The Morgan fingerprint density at radius 3 is 0.765 bits per heavy atom. The number of unbranched alkanes of at least 4 members (excludes halogenated alkanes) is 42. The van der Waals surface area contributed by atoms with Crippen LogP contribution < -0.4 is 0 Å². The van der Waals surface area contributed by atoms with Gasteiger partial charge in [-0.2, -0.15) is 0 Å². The van der Waals surface area contributed by atoms with Gasteiger partial charge in [-0.25, -0.2) is 0 Å². The Kier molecular flexibility index (Phi) is 66.6. The molecule has 470 valence electrons. The first-order chi connectivity index (χ1) is 40.0. The van der Waals surface area contributed by atoms with Crippen molar-refractivity contribution >= 4 is 17.9 Å². The Morgan fingerprint density at radius 1 is 0.259 bits per heavy atom. The molecule has 6 nitrogen and oxygen atoms in total. The number of ether oxygens (including phenoxy) is 3. The van der Waals surface area contributed by atoms with Gasteiger partial charge in [0.15, 0.2) is 6.10 Å². The maximum Gasteiger partial charge on any atom is 0.306 e. The highest BCUT2D eigenvalue weighted by molar-refractivity contribution is 5.71. The molecule has 0 aromatic heterocycles. The lowest BCUT2D eigenvalue weighted by atomic mass is 10.0. The lowest BCUT2D eigenvalue weighted by Gasteiger charge is -2.18. The van der Waals surface area contributed by atoms with Gasteiger partial charge in [0.25, 0.3) is 0 Å². The fraction of sp³-hybridized carbons (Fsp3) is 0.800. The summed E-state index contributed by atoms with van der Waals surface area (Å²) in [6.07, 6.45) is 90.6. The Balaban J connectivity index is 4.34. The van der Waals surface area contributed by atoms with E-state index in [1.807, 2.05) is 0 Å². The smallest absolute Gasteiger partial charge is 0.306 e. The third kappa shape index (κ3) is 67.5. The van der Waals surface area contributed by atoms with Crippen LogP contribution in [0.4, 0.5) is 0 Å². The van der Waals surface area contributed by atoms with Crippen molar-refractivity contribution in [1.29, 1.82) is 0 Å². The van der Waals surface area contributed by atoms with Gasteiger partial charge < -0.3 is 14.2 Å². The second kappa shape index (κ2) is 69.3. The molecule has 6 heteroatoms. The number of hydrogen-bond donors (Lipinski definition) is 0. The highest BCUT2D eigenvalue weighted by atomic mass is 16.6. The zero-order valence-corrected chi connectivity index (χ0v) is 54.1. The van der Waals surface area contributed by atoms with Gasteiger partial charge in [0.2, 0.25) is 0 Å². The van der Waals surface area contributed by atoms with Crippen LogP contribution in [0.15, 0.2) is 72.9 Å². The maximum atomic E-state index is 13.0. The van der Waals surface area contributed by atoms with Gasteiger partial charge in [-0.1, -0.05) is 331 Å². The summed E-state index contributed by atoms with van der Waals surface area (Å²) in [5.41, 5.74) is 0. The van der Waals surface area contributed by atoms with Crippen LogP contribution >= 0.6 is 0 Å². The molecular weight excluding hydrogens is 997 g/mol. The molecule has 0 saturated carbocycles. The molecule has 0 fully saturated rings. The lowest BCUT2D eigenvalue weighted by Crippen LogP contribution is -2.30. The van der Waals surface area contributed by atoms with E-state index in [0.29, 0.717) is 19.3 Å². The largest absolute Gasteiger partial charge is 0.462 e. The zero-order valence-electron chi connectivity index (χ0n) is 54.1. The topological polar surface area (TPSA) is 78.9 Å². The van der Waals surface area contributed by atoms with Crippen LogP contribution in [-0.2, 0) is 28.6 Å². The van der Waals surface area contributed by atoms with Crippen LogP contribution in [0.5, 0.6) is 0 Å². The summed E-state index contributed by atoms with van der Waals surface area (Å²) in [4.78, 5) is 38.5. The number of rotatable bonds is 65. The average Bonchev–Trinajstić information content (AvgIpc) is 3.47. The summed E-state index contributed by atoms with van der Waals surface area (Å²) in [5.74, 6) is -0.858. The quantitative estimate of drug-likeness (QED) is 0.0261. The minimum Gasteiger partial charge on any atom is -0.462 e. The van der Waals surface area contributed by atoms with E-state index in [2.05, 4.69) is 93.7 Å². The first-order valence-corrected chi connectivity index (χ1v) is 35.4. The summed E-state index contributed by atoms with van der Waals surface area (Å²) in [6, 6.07) is 0. The normalized spacial score (nSPS) is 12.5. The van der Waals surface area contributed by atoms with Gasteiger partial charge in [0.05, 0.1) is 0 Å². The van der Waals surface area contributed by atoms with E-state index >= 15 is 0 Å². The fourth-order valence-electron chi connectivity index (χ4n) is 10.4. The van der Waals surface area contributed by atoms with E-state index in [9.17, 15) is 14.4 Å². The molecule has 0 heterocycles. The van der Waals surface area contributed by atoms with Crippen molar-refractivity contribution in [2.75, 3.05) is 13.2 Å². The van der Waals surface area contributed by atoms with Crippen LogP contribution in [0.25, 0.3) is 0 Å². The fourth-order valence-corrected chi connectivity index (χ4v) is 10.4. The first kappa shape index (κ1) is 77.9. The van der Waals surface area contributed by atoms with Crippen LogP contribution in [0, 0.1) is 0 Å². The molecular formula is C75H134O6. The molecule has 1 unspecified atom stereocenters. The monoisotopic (exact) mass is 1130 g/mol. The van der Waals surface area contributed by atoms with Crippen molar-refractivity contribution in [2.24, 2.45) is 0 Å². The standard InChI is InChI=1S/C75H134O6/c1-4-7-10-13-16-19-22-25-28-31-34-35-36-37-38-39-42-44-47-50-53-56-59-62-65-68-74(77)80-71-72(81-75(78)69-66-63-60-57-54-51-48-45-41-33-30-27-24-21-18-15-12-9-6-3)70-79-73(76)67-64-61-58-55-52-49-46-43-40-32-29-26-23-20-17-14-11-8-5-2/h7,10,16,19,25,27-28,30,34-35,37-38,72H,4-6,8-9,11-15,17-18,20-24,26,29,31-33,36,39-71H2,1-3H3/b10-7-,19-16-,28-25-,30-27-,35-34-,38-37-. The van der Waals surface area contributed by atoms with Gasteiger partial charge in [-0.15, -0.1) is 0 Å². The Morgan fingerprint density at radius 2 is 0.481 bits per heavy atom. The number of carbonyl (C=O) groups is 3.